The molecule has 0 radical (unpaired) electrons. The second kappa shape index (κ2) is 3.68. The third-order valence-corrected chi connectivity index (χ3v) is 1.40. The summed E-state index contributed by atoms with van der Waals surface area (Å²) in [7, 11) is 0. The molecule has 0 aliphatic rings. The maximum absolute atomic E-state index is 10.6. The molecule has 0 saturated carbocycles. The van der Waals surface area contributed by atoms with Gasteiger partial charge in [-0.1, -0.05) is 18.2 Å². The van der Waals surface area contributed by atoms with Crippen LogP contribution in [0.1, 0.15) is 11.8 Å². The summed E-state index contributed by atoms with van der Waals surface area (Å²) in [5.74, 6) is 0. The lowest BCUT2D eigenvalue weighted by Crippen LogP contribution is -2.10. The van der Waals surface area contributed by atoms with Crippen molar-refractivity contribution in [2.45, 2.75) is 6.23 Å². The van der Waals surface area contributed by atoms with Crippen LogP contribution in [0.4, 0.5) is 0 Å². The Bertz CT molecular complexity index is 273. The highest BCUT2D eigenvalue weighted by molar-refractivity contribution is 5.15. The van der Waals surface area contributed by atoms with Gasteiger partial charge >= 0.3 is 6.23 Å². The number of nitrogens with zero attached hydrogens (tertiary/aromatic N) is 2. The van der Waals surface area contributed by atoms with Crippen LogP contribution in [0.25, 0.3) is 0 Å². The molecule has 2 N–H and O–H groups in total. The quantitative estimate of drug-likeness (QED) is 0.299. The molecule has 0 aliphatic heterocycles. The van der Waals surface area contributed by atoms with Gasteiger partial charge in [0.05, 0.1) is 5.56 Å². The van der Waals surface area contributed by atoms with E-state index >= 15 is 0 Å². The minimum Gasteiger partial charge on any atom is -0.595 e. The first kappa shape index (κ1) is 8.48. The standard InChI is InChI=1S/C7H8N2O3/c10-7(9(12)8-11)6-4-2-1-3-5-6/h1-5,7,10-11H. The second-order valence-corrected chi connectivity index (χ2v) is 2.18. The SMILES string of the molecule is [O-][N+](=NO)C(O)c1ccccc1. The summed E-state index contributed by atoms with van der Waals surface area (Å²) in [6.07, 6.45) is -1.45. The molecule has 0 spiro atoms. The van der Waals surface area contributed by atoms with E-state index in [1.54, 1.807) is 30.3 Å². The summed E-state index contributed by atoms with van der Waals surface area (Å²) >= 11 is 0. The van der Waals surface area contributed by atoms with E-state index in [2.05, 4.69) is 5.28 Å². The highest BCUT2D eigenvalue weighted by atomic mass is 16.6. The summed E-state index contributed by atoms with van der Waals surface area (Å²) in [6.45, 7) is 0. The Labute approximate surface area is 68.7 Å². The first-order valence-electron chi connectivity index (χ1n) is 3.30. The van der Waals surface area contributed by atoms with Crippen molar-refractivity contribution in [2.24, 2.45) is 5.28 Å². The summed E-state index contributed by atoms with van der Waals surface area (Å²) in [4.78, 5) is -0.185. The highest BCUT2D eigenvalue weighted by Crippen LogP contribution is 2.12. The fourth-order valence-corrected chi connectivity index (χ4v) is 0.802. The van der Waals surface area contributed by atoms with Gasteiger partial charge in [-0.05, 0) is 17.0 Å². The second-order valence-electron chi connectivity index (χ2n) is 2.18. The fraction of sp³-hybridized carbons (Fsp3) is 0.143. The molecular weight excluding hydrogens is 160 g/mol. The molecule has 0 aromatic heterocycles. The zero-order valence-electron chi connectivity index (χ0n) is 6.16. The molecule has 1 rings (SSSR count). The van der Waals surface area contributed by atoms with Crippen molar-refractivity contribution in [3.63, 3.8) is 0 Å². The maximum atomic E-state index is 10.6. The van der Waals surface area contributed by atoms with Crippen LogP contribution in [0.3, 0.4) is 0 Å². The van der Waals surface area contributed by atoms with Crippen LogP contribution in [0.2, 0.25) is 0 Å². The molecule has 0 amide bonds. The van der Waals surface area contributed by atoms with E-state index in [4.69, 9.17) is 10.3 Å². The van der Waals surface area contributed by atoms with Gasteiger partial charge in [0, 0.05) is 0 Å². The Morgan fingerprint density at radius 2 is 1.92 bits per heavy atom. The summed E-state index contributed by atoms with van der Waals surface area (Å²) in [5, 5.41) is 30.0. The molecule has 12 heavy (non-hydrogen) atoms. The molecular formula is C7H8N2O3. The van der Waals surface area contributed by atoms with Crippen LogP contribution in [-0.4, -0.2) is 15.2 Å². The largest absolute Gasteiger partial charge is 0.595 e. The van der Waals surface area contributed by atoms with Gasteiger partial charge in [0.15, 0.2) is 5.28 Å². The lowest BCUT2D eigenvalue weighted by atomic mass is 10.2. The smallest absolute Gasteiger partial charge is 0.321 e. The Morgan fingerprint density at radius 3 is 2.42 bits per heavy atom. The maximum Gasteiger partial charge on any atom is 0.321 e. The molecule has 5 nitrogen and oxygen atoms in total. The van der Waals surface area contributed by atoms with Gasteiger partial charge in [0.1, 0.15) is 0 Å². The van der Waals surface area contributed by atoms with E-state index in [1.165, 1.54) is 0 Å². The van der Waals surface area contributed by atoms with E-state index in [9.17, 15) is 5.21 Å². The van der Waals surface area contributed by atoms with Crippen LogP contribution in [0.5, 0.6) is 0 Å². The summed E-state index contributed by atoms with van der Waals surface area (Å²) < 4.78 is 0. The zero-order valence-corrected chi connectivity index (χ0v) is 6.16. The van der Waals surface area contributed by atoms with Crippen molar-refractivity contribution in [3.05, 3.63) is 41.1 Å². The van der Waals surface area contributed by atoms with Gasteiger partial charge in [0.2, 0.25) is 0 Å². The lowest BCUT2D eigenvalue weighted by molar-refractivity contribution is -0.638. The van der Waals surface area contributed by atoms with E-state index in [-0.39, 0.29) is 4.86 Å². The third-order valence-electron chi connectivity index (χ3n) is 1.40. The van der Waals surface area contributed by atoms with E-state index in [1.807, 2.05) is 0 Å². The third kappa shape index (κ3) is 1.70. The Hall–Kier alpha value is -1.62. The number of hydrogen-bond acceptors (Lipinski definition) is 3. The molecule has 1 aromatic rings. The molecule has 0 saturated heterocycles. The first-order chi connectivity index (χ1) is 5.75. The average Bonchev–Trinajstić information content (AvgIpc) is 2.17. The van der Waals surface area contributed by atoms with Crippen LogP contribution >= 0.6 is 0 Å². The number of rotatable bonds is 2. The van der Waals surface area contributed by atoms with Crippen molar-refractivity contribution in [3.8, 4) is 0 Å². The summed E-state index contributed by atoms with van der Waals surface area (Å²) in [5.41, 5.74) is 0.380. The van der Waals surface area contributed by atoms with Crippen molar-refractivity contribution < 1.29 is 15.2 Å². The van der Waals surface area contributed by atoms with Gasteiger partial charge in [-0.15, -0.1) is 0 Å². The van der Waals surface area contributed by atoms with Crippen LogP contribution < -0.4 is 0 Å². The van der Waals surface area contributed by atoms with Gasteiger partial charge < -0.3 is 15.5 Å². The molecule has 0 aliphatic carbocycles. The van der Waals surface area contributed by atoms with E-state index in [0.717, 1.165) is 0 Å². The molecule has 5 heteroatoms. The van der Waals surface area contributed by atoms with Gasteiger partial charge in [-0.25, -0.2) is 0 Å². The fourth-order valence-electron chi connectivity index (χ4n) is 0.802. The predicted molar refractivity (Wildman–Crippen MR) is 39.2 cm³/mol. The number of aliphatic hydroxyl groups is 1. The Balaban J connectivity index is 2.86. The Kier molecular flexibility index (Phi) is 2.60. The molecule has 0 heterocycles. The number of benzene rings is 1. The zero-order chi connectivity index (χ0) is 8.97. The van der Waals surface area contributed by atoms with E-state index in [0.29, 0.717) is 5.56 Å². The van der Waals surface area contributed by atoms with E-state index < -0.39 is 6.23 Å². The molecule has 1 atom stereocenters. The van der Waals surface area contributed by atoms with Crippen molar-refractivity contribution in [2.75, 3.05) is 0 Å². The molecule has 1 aromatic carbocycles. The molecule has 0 bridgehead atoms. The number of aliphatic hydroxyl groups excluding tert-OH is 1. The highest BCUT2D eigenvalue weighted by Gasteiger charge is 2.15. The van der Waals surface area contributed by atoms with Crippen molar-refractivity contribution in [1.29, 1.82) is 0 Å². The lowest BCUT2D eigenvalue weighted by Gasteiger charge is -2.05. The normalized spacial score (nSPS) is 14.2. The number of hydrogen-bond donors (Lipinski definition) is 2. The molecule has 1 unspecified atom stereocenters. The van der Waals surface area contributed by atoms with Gasteiger partial charge in [-0.2, -0.15) is 0 Å². The summed E-state index contributed by atoms with van der Waals surface area (Å²) in [6, 6.07) is 8.20. The number of hydroxylamine groups is 1. The van der Waals surface area contributed by atoms with Crippen molar-refractivity contribution >= 4 is 0 Å². The first-order valence-corrected chi connectivity index (χ1v) is 3.30. The minimum absolute atomic E-state index is 0.185. The van der Waals surface area contributed by atoms with Gasteiger partial charge in [0.25, 0.3) is 0 Å². The predicted octanol–water partition coefficient (Wildman–Crippen LogP) is 1.03. The average molecular weight is 168 g/mol. The topological polar surface area (TPSA) is 78.9 Å². The monoisotopic (exact) mass is 168 g/mol. The van der Waals surface area contributed by atoms with Crippen molar-refractivity contribution in [1.82, 2.24) is 0 Å². The van der Waals surface area contributed by atoms with Crippen LogP contribution in [-0.2, 0) is 0 Å². The minimum atomic E-state index is -1.45. The van der Waals surface area contributed by atoms with Crippen LogP contribution in [0, 0.1) is 5.21 Å². The molecule has 64 valence electrons. The Morgan fingerprint density at radius 1 is 1.33 bits per heavy atom. The molecule has 0 fully saturated rings. The van der Waals surface area contributed by atoms with Gasteiger partial charge in [-0.3, -0.25) is 0 Å². The van der Waals surface area contributed by atoms with Crippen LogP contribution in [0.15, 0.2) is 35.6 Å².